The van der Waals surface area contributed by atoms with Crippen molar-refractivity contribution in [3.05, 3.63) is 89.5 Å². The SMILES string of the molecule is COc1cccc(OCCNC(=O)c2ccc(N(Cc3ccccc3C)S(C)(=O)=O)cc2)c1. The molecule has 0 radical (unpaired) electrons. The fourth-order valence-electron chi connectivity index (χ4n) is 3.25. The van der Waals surface area contributed by atoms with Crippen LogP contribution in [0.4, 0.5) is 5.69 Å². The van der Waals surface area contributed by atoms with Crippen molar-refractivity contribution < 1.29 is 22.7 Å². The number of rotatable bonds is 10. The molecular weight excluding hydrogens is 440 g/mol. The van der Waals surface area contributed by atoms with Gasteiger partial charge in [0.25, 0.3) is 5.91 Å². The molecule has 33 heavy (non-hydrogen) atoms. The van der Waals surface area contributed by atoms with Crippen molar-refractivity contribution in [2.75, 3.05) is 30.8 Å². The quantitative estimate of drug-likeness (QED) is 0.458. The molecule has 174 valence electrons. The maximum absolute atomic E-state index is 12.5. The first-order valence-corrected chi connectivity index (χ1v) is 12.3. The highest BCUT2D eigenvalue weighted by Gasteiger charge is 2.19. The van der Waals surface area contributed by atoms with Gasteiger partial charge in [0.1, 0.15) is 18.1 Å². The van der Waals surface area contributed by atoms with Crippen molar-refractivity contribution >= 4 is 21.6 Å². The summed E-state index contributed by atoms with van der Waals surface area (Å²) in [6.07, 6.45) is 1.17. The number of nitrogens with zero attached hydrogens (tertiary/aromatic N) is 1. The normalized spacial score (nSPS) is 11.0. The standard InChI is InChI=1S/C25H28N2O5S/c1-19-7-4-5-8-21(19)18-27(33(3,29)30)22-13-11-20(12-14-22)25(28)26-15-16-32-24-10-6-9-23(17-24)31-2/h4-14,17H,15-16,18H2,1-3H3,(H,26,28). The molecule has 0 spiro atoms. The molecule has 0 aliphatic carbocycles. The second-order valence-electron chi connectivity index (χ2n) is 7.53. The highest BCUT2D eigenvalue weighted by atomic mass is 32.2. The molecule has 3 rings (SSSR count). The lowest BCUT2D eigenvalue weighted by Crippen LogP contribution is -2.30. The van der Waals surface area contributed by atoms with Crippen LogP contribution in [-0.2, 0) is 16.6 Å². The van der Waals surface area contributed by atoms with E-state index in [9.17, 15) is 13.2 Å². The number of sulfonamides is 1. The highest BCUT2D eigenvalue weighted by molar-refractivity contribution is 7.92. The Bertz CT molecular complexity index is 1190. The summed E-state index contributed by atoms with van der Waals surface area (Å²) in [4.78, 5) is 12.5. The molecule has 1 N–H and O–H groups in total. The minimum Gasteiger partial charge on any atom is -0.497 e. The van der Waals surface area contributed by atoms with Gasteiger partial charge in [-0.15, -0.1) is 0 Å². The maximum atomic E-state index is 12.5. The van der Waals surface area contributed by atoms with Crippen LogP contribution in [0.5, 0.6) is 11.5 Å². The Hall–Kier alpha value is -3.52. The Labute approximate surface area is 195 Å². The van der Waals surface area contributed by atoms with Crippen LogP contribution in [0, 0.1) is 6.92 Å². The van der Waals surface area contributed by atoms with Crippen LogP contribution in [0.15, 0.2) is 72.8 Å². The number of hydrogen-bond acceptors (Lipinski definition) is 5. The number of carbonyl (C=O) groups is 1. The zero-order chi connectivity index (χ0) is 23.8. The predicted molar refractivity (Wildman–Crippen MR) is 129 cm³/mol. The maximum Gasteiger partial charge on any atom is 0.251 e. The molecule has 3 aromatic rings. The minimum atomic E-state index is -3.51. The molecule has 0 aliphatic heterocycles. The smallest absolute Gasteiger partial charge is 0.251 e. The van der Waals surface area contributed by atoms with Gasteiger partial charge in [0.2, 0.25) is 10.0 Å². The van der Waals surface area contributed by atoms with E-state index in [0.717, 1.165) is 11.1 Å². The molecule has 0 unspecified atom stereocenters. The van der Waals surface area contributed by atoms with Gasteiger partial charge in [-0.2, -0.15) is 0 Å². The molecule has 1 amide bonds. The molecule has 0 bridgehead atoms. The predicted octanol–water partition coefficient (Wildman–Crippen LogP) is 3.78. The number of methoxy groups -OCH3 is 1. The summed E-state index contributed by atoms with van der Waals surface area (Å²) in [6, 6.07) is 21.4. The number of amides is 1. The van der Waals surface area contributed by atoms with Crippen LogP contribution in [0.25, 0.3) is 0 Å². The number of aryl methyl sites for hydroxylation is 1. The molecule has 3 aromatic carbocycles. The Kier molecular flexibility index (Phi) is 7.95. The van der Waals surface area contributed by atoms with E-state index in [1.807, 2.05) is 49.4 Å². The fraction of sp³-hybridized carbons (Fsp3) is 0.240. The molecule has 0 atom stereocenters. The third-order valence-corrected chi connectivity index (χ3v) is 6.23. The van der Waals surface area contributed by atoms with Crippen LogP contribution >= 0.6 is 0 Å². The Morgan fingerprint density at radius 2 is 1.67 bits per heavy atom. The van der Waals surface area contributed by atoms with Gasteiger partial charge in [0.15, 0.2) is 0 Å². The van der Waals surface area contributed by atoms with Gasteiger partial charge in [-0.3, -0.25) is 9.10 Å². The summed E-state index contributed by atoms with van der Waals surface area (Å²) >= 11 is 0. The molecule has 0 saturated carbocycles. The van der Waals surface area contributed by atoms with Crippen molar-refractivity contribution in [1.82, 2.24) is 5.32 Å². The summed E-state index contributed by atoms with van der Waals surface area (Å²) in [6.45, 7) is 2.79. The summed E-state index contributed by atoms with van der Waals surface area (Å²) in [5.41, 5.74) is 2.86. The third-order valence-electron chi connectivity index (χ3n) is 5.09. The highest BCUT2D eigenvalue weighted by Crippen LogP contribution is 2.23. The average molecular weight is 469 g/mol. The van der Waals surface area contributed by atoms with Crippen molar-refractivity contribution in [3.8, 4) is 11.5 Å². The molecule has 0 aromatic heterocycles. The molecular formula is C25H28N2O5S. The average Bonchev–Trinajstić information content (AvgIpc) is 2.80. The molecule has 0 saturated heterocycles. The molecule has 0 fully saturated rings. The van der Waals surface area contributed by atoms with Crippen molar-refractivity contribution in [2.45, 2.75) is 13.5 Å². The molecule has 0 heterocycles. The number of carbonyl (C=O) groups excluding carboxylic acids is 1. The summed E-state index contributed by atoms with van der Waals surface area (Å²) in [5, 5.41) is 2.80. The van der Waals surface area contributed by atoms with Crippen LogP contribution in [0.1, 0.15) is 21.5 Å². The first kappa shape index (κ1) is 24.1. The summed E-state index contributed by atoms with van der Waals surface area (Å²) in [5.74, 6) is 1.09. The van der Waals surface area contributed by atoms with Gasteiger partial charge in [0.05, 0.1) is 32.1 Å². The van der Waals surface area contributed by atoms with Gasteiger partial charge in [-0.25, -0.2) is 8.42 Å². The van der Waals surface area contributed by atoms with E-state index in [4.69, 9.17) is 9.47 Å². The third kappa shape index (κ3) is 6.73. The second-order valence-corrected chi connectivity index (χ2v) is 9.43. The molecule has 8 heteroatoms. The van der Waals surface area contributed by atoms with Gasteiger partial charge in [0, 0.05) is 11.6 Å². The topological polar surface area (TPSA) is 84.9 Å². The Morgan fingerprint density at radius 3 is 2.33 bits per heavy atom. The fourth-order valence-corrected chi connectivity index (χ4v) is 4.13. The Morgan fingerprint density at radius 1 is 0.970 bits per heavy atom. The van der Waals surface area contributed by atoms with E-state index in [1.165, 1.54) is 10.6 Å². The van der Waals surface area contributed by atoms with Gasteiger partial charge < -0.3 is 14.8 Å². The first-order chi connectivity index (χ1) is 15.8. The lowest BCUT2D eigenvalue weighted by Gasteiger charge is -2.23. The van der Waals surface area contributed by atoms with Gasteiger partial charge in [-0.05, 0) is 54.4 Å². The number of ether oxygens (including phenoxy) is 2. The van der Waals surface area contributed by atoms with Crippen molar-refractivity contribution in [2.24, 2.45) is 0 Å². The van der Waals surface area contributed by atoms with Crippen LogP contribution in [0.2, 0.25) is 0 Å². The Balaban J connectivity index is 1.60. The second kappa shape index (κ2) is 10.9. The number of benzene rings is 3. The zero-order valence-corrected chi connectivity index (χ0v) is 19.8. The summed E-state index contributed by atoms with van der Waals surface area (Å²) in [7, 11) is -1.92. The molecule has 7 nitrogen and oxygen atoms in total. The van der Waals surface area contributed by atoms with Crippen LogP contribution < -0.4 is 19.1 Å². The number of nitrogens with one attached hydrogen (secondary N) is 1. The lowest BCUT2D eigenvalue weighted by molar-refractivity contribution is 0.0947. The first-order valence-electron chi connectivity index (χ1n) is 10.5. The molecule has 0 aliphatic rings. The van der Waals surface area contributed by atoms with E-state index in [2.05, 4.69) is 5.32 Å². The van der Waals surface area contributed by atoms with E-state index < -0.39 is 10.0 Å². The van der Waals surface area contributed by atoms with Gasteiger partial charge in [-0.1, -0.05) is 30.3 Å². The van der Waals surface area contributed by atoms with Crippen LogP contribution in [0.3, 0.4) is 0 Å². The minimum absolute atomic E-state index is 0.221. The summed E-state index contributed by atoms with van der Waals surface area (Å²) < 4.78 is 37.0. The number of anilines is 1. The number of hydrogen-bond donors (Lipinski definition) is 1. The van der Waals surface area contributed by atoms with Crippen molar-refractivity contribution in [1.29, 1.82) is 0 Å². The van der Waals surface area contributed by atoms with E-state index in [0.29, 0.717) is 35.9 Å². The van der Waals surface area contributed by atoms with E-state index in [1.54, 1.807) is 37.4 Å². The monoisotopic (exact) mass is 468 g/mol. The lowest BCUT2D eigenvalue weighted by atomic mass is 10.1. The van der Waals surface area contributed by atoms with E-state index in [-0.39, 0.29) is 12.5 Å². The largest absolute Gasteiger partial charge is 0.497 e. The zero-order valence-electron chi connectivity index (χ0n) is 18.9. The van der Waals surface area contributed by atoms with Crippen LogP contribution in [-0.4, -0.2) is 40.8 Å². The van der Waals surface area contributed by atoms with E-state index >= 15 is 0 Å². The van der Waals surface area contributed by atoms with Gasteiger partial charge >= 0.3 is 0 Å². The van der Waals surface area contributed by atoms with Crippen molar-refractivity contribution in [3.63, 3.8) is 0 Å².